The molecule has 10 nitrogen and oxygen atoms in total. The molecule has 4 N–H and O–H groups in total. The molecule has 10 heteroatoms. The molecule has 0 saturated heterocycles. The summed E-state index contributed by atoms with van der Waals surface area (Å²) < 4.78 is 0. The van der Waals surface area contributed by atoms with Gasteiger partial charge in [0.05, 0.1) is 22.7 Å². The molecule has 0 aliphatic heterocycles. The van der Waals surface area contributed by atoms with Crippen molar-refractivity contribution in [3.8, 4) is 11.5 Å². The Morgan fingerprint density at radius 1 is 0.500 bits per heavy atom. The van der Waals surface area contributed by atoms with E-state index < -0.39 is 11.9 Å². The third-order valence-corrected chi connectivity index (χ3v) is 5.56. The predicted molar refractivity (Wildman–Crippen MR) is 139 cm³/mol. The molecule has 0 unspecified atom stereocenters. The molecule has 0 saturated carbocycles. The lowest BCUT2D eigenvalue weighted by molar-refractivity contribution is 0.0682. The number of carbonyl (C=O) groups is 2. The molecule has 0 aliphatic rings. The zero-order valence-electron chi connectivity index (χ0n) is 19.9. The standard InChI is InChI=1S/C28H22N4O6/c33-25-13-11-21(15-23(25)27(35)36)31-29-19-7-3-17(4-8-19)1-2-18-5-9-20(10-6-18)30-32-22-12-14-26(34)24(16-22)28(37)38/h3-16,33-34H,1-2H2,(H,35,36)(H,37,38). The molecule has 190 valence electrons. The topological polar surface area (TPSA) is 164 Å². The zero-order chi connectivity index (χ0) is 27.1. The summed E-state index contributed by atoms with van der Waals surface area (Å²) in [5.41, 5.74) is 3.59. The second-order valence-corrected chi connectivity index (χ2v) is 8.25. The molecule has 38 heavy (non-hydrogen) atoms. The number of hydrogen-bond acceptors (Lipinski definition) is 8. The van der Waals surface area contributed by atoms with Crippen LogP contribution in [0.5, 0.6) is 11.5 Å². The van der Waals surface area contributed by atoms with Gasteiger partial charge < -0.3 is 20.4 Å². The number of aryl methyl sites for hydroxylation is 2. The number of rotatable bonds is 9. The quantitative estimate of drug-likeness (QED) is 0.175. The smallest absolute Gasteiger partial charge is 0.339 e. The van der Waals surface area contributed by atoms with Gasteiger partial charge in [0.2, 0.25) is 0 Å². The first-order valence-electron chi connectivity index (χ1n) is 11.4. The molecule has 0 amide bonds. The lowest BCUT2D eigenvalue weighted by atomic mass is 10.0. The van der Waals surface area contributed by atoms with Gasteiger partial charge in [-0.05, 0) is 84.6 Å². The molecule has 4 rings (SSSR count). The summed E-state index contributed by atoms with van der Waals surface area (Å²) in [4.78, 5) is 22.2. The summed E-state index contributed by atoms with van der Waals surface area (Å²) in [6.45, 7) is 0. The molecule has 4 aromatic rings. The molecule has 0 aromatic heterocycles. The molecule has 0 aliphatic carbocycles. The SMILES string of the molecule is O=C(O)c1cc(N=Nc2ccc(CCc3ccc(N=Nc4ccc(O)c(C(=O)O)c4)cc3)cc2)ccc1O. The van der Waals surface area contributed by atoms with Crippen molar-refractivity contribution in [3.05, 3.63) is 107 Å². The summed E-state index contributed by atoms with van der Waals surface area (Å²) in [5.74, 6) is -3.14. The van der Waals surface area contributed by atoms with Crippen molar-refractivity contribution in [1.82, 2.24) is 0 Å². The van der Waals surface area contributed by atoms with Crippen LogP contribution in [-0.2, 0) is 12.8 Å². The minimum Gasteiger partial charge on any atom is -0.507 e. The molecular formula is C28H22N4O6. The highest BCUT2D eigenvalue weighted by Gasteiger charge is 2.11. The van der Waals surface area contributed by atoms with E-state index in [0.29, 0.717) is 22.7 Å². The highest BCUT2D eigenvalue weighted by atomic mass is 16.4. The summed E-state index contributed by atoms with van der Waals surface area (Å²) >= 11 is 0. The van der Waals surface area contributed by atoms with E-state index in [1.165, 1.54) is 36.4 Å². The molecule has 0 heterocycles. The molecule has 0 atom stereocenters. The highest BCUT2D eigenvalue weighted by Crippen LogP contribution is 2.27. The van der Waals surface area contributed by atoms with Crippen LogP contribution in [0.2, 0.25) is 0 Å². The second-order valence-electron chi connectivity index (χ2n) is 8.25. The first kappa shape index (κ1) is 25.7. The number of nitrogens with zero attached hydrogens (tertiary/aromatic N) is 4. The molecular weight excluding hydrogens is 488 g/mol. The van der Waals surface area contributed by atoms with Crippen LogP contribution in [0.4, 0.5) is 22.7 Å². The number of benzene rings is 4. The molecule has 0 radical (unpaired) electrons. The van der Waals surface area contributed by atoms with Gasteiger partial charge in [0.15, 0.2) is 0 Å². The van der Waals surface area contributed by atoms with Crippen molar-refractivity contribution in [2.45, 2.75) is 12.8 Å². The molecule has 0 bridgehead atoms. The van der Waals surface area contributed by atoms with E-state index in [1.807, 2.05) is 48.5 Å². The van der Waals surface area contributed by atoms with Gasteiger partial charge in [-0.3, -0.25) is 0 Å². The summed E-state index contributed by atoms with van der Waals surface area (Å²) in [6.07, 6.45) is 1.59. The molecule has 0 fully saturated rings. The fourth-order valence-corrected chi connectivity index (χ4v) is 3.49. The Labute approximate surface area is 216 Å². The van der Waals surface area contributed by atoms with Crippen molar-refractivity contribution in [3.63, 3.8) is 0 Å². The summed E-state index contributed by atoms with van der Waals surface area (Å²) in [5, 5.41) is 53.7. The Morgan fingerprint density at radius 2 is 0.816 bits per heavy atom. The Balaban J connectivity index is 1.32. The van der Waals surface area contributed by atoms with E-state index in [9.17, 15) is 19.8 Å². The minimum absolute atomic E-state index is 0.237. The lowest BCUT2D eigenvalue weighted by Gasteiger charge is -2.04. The third kappa shape index (κ3) is 6.64. The Morgan fingerprint density at radius 3 is 1.16 bits per heavy atom. The van der Waals surface area contributed by atoms with E-state index in [-0.39, 0.29) is 22.6 Å². The van der Waals surface area contributed by atoms with Crippen LogP contribution < -0.4 is 0 Å². The highest BCUT2D eigenvalue weighted by molar-refractivity contribution is 5.92. The summed E-state index contributed by atoms with van der Waals surface area (Å²) in [7, 11) is 0. The van der Waals surface area contributed by atoms with Gasteiger partial charge in [0.25, 0.3) is 0 Å². The predicted octanol–water partition coefficient (Wildman–Crippen LogP) is 7.11. The van der Waals surface area contributed by atoms with Crippen LogP contribution in [0.15, 0.2) is 105 Å². The first-order valence-corrected chi connectivity index (χ1v) is 11.4. The number of carboxylic acid groups (broad SMARTS) is 2. The summed E-state index contributed by atoms with van der Waals surface area (Å²) in [6, 6.07) is 23.1. The fourth-order valence-electron chi connectivity index (χ4n) is 3.49. The third-order valence-electron chi connectivity index (χ3n) is 5.56. The molecule has 0 spiro atoms. The van der Waals surface area contributed by atoms with Gasteiger partial charge in [-0.15, -0.1) is 0 Å². The van der Waals surface area contributed by atoms with Crippen molar-refractivity contribution >= 4 is 34.7 Å². The zero-order valence-corrected chi connectivity index (χ0v) is 19.9. The Bertz CT molecular complexity index is 1410. The van der Waals surface area contributed by atoms with Gasteiger partial charge >= 0.3 is 11.9 Å². The normalized spacial score (nSPS) is 11.3. The van der Waals surface area contributed by atoms with Gasteiger partial charge in [-0.1, -0.05) is 24.3 Å². The maximum atomic E-state index is 11.1. The number of phenols is 2. The monoisotopic (exact) mass is 510 g/mol. The first-order chi connectivity index (χ1) is 18.3. The van der Waals surface area contributed by atoms with Crippen LogP contribution in [0, 0.1) is 0 Å². The lowest BCUT2D eigenvalue weighted by Crippen LogP contribution is -1.95. The van der Waals surface area contributed by atoms with Crippen molar-refractivity contribution in [2.24, 2.45) is 20.5 Å². The largest absolute Gasteiger partial charge is 0.507 e. The van der Waals surface area contributed by atoms with Gasteiger partial charge in [0.1, 0.15) is 22.6 Å². The average Bonchev–Trinajstić information content (AvgIpc) is 2.92. The van der Waals surface area contributed by atoms with Crippen LogP contribution in [0.25, 0.3) is 0 Å². The second kappa shape index (κ2) is 11.6. The average molecular weight is 511 g/mol. The van der Waals surface area contributed by atoms with Crippen LogP contribution >= 0.6 is 0 Å². The number of azo groups is 2. The Hall–Kier alpha value is -5.38. The van der Waals surface area contributed by atoms with Gasteiger partial charge in [-0.25, -0.2) is 9.59 Å². The van der Waals surface area contributed by atoms with E-state index in [0.717, 1.165) is 24.0 Å². The maximum Gasteiger partial charge on any atom is 0.339 e. The van der Waals surface area contributed by atoms with E-state index in [2.05, 4.69) is 20.5 Å². The number of aromatic carboxylic acids is 2. The molecule has 4 aromatic carbocycles. The van der Waals surface area contributed by atoms with Crippen molar-refractivity contribution in [1.29, 1.82) is 0 Å². The van der Waals surface area contributed by atoms with Crippen LogP contribution in [0.1, 0.15) is 31.8 Å². The van der Waals surface area contributed by atoms with Crippen LogP contribution in [-0.4, -0.2) is 32.4 Å². The number of aromatic hydroxyl groups is 2. The van der Waals surface area contributed by atoms with Crippen LogP contribution in [0.3, 0.4) is 0 Å². The van der Waals surface area contributed by atoms with Gasteiger partial charge in [0, 0.05) is 0 Å². The van der Waals surface area contributed by atoms with Crippen molar-refractivity contribution < 1.29 is 30.0 Å². The Kier molecular flexibility index (Phi) is 7.83. The van der Waals surface area contributed by atoms with E-state index >= 15 is 0 Å². The number of carboxylic acids is 2. The fraction of sp³-hybridized carbons (Fsp3) is 0.0714. The number of hydrogen-bond donors (Lipinski definition) is 4. The maximum absolute atomic E-state index is 11.1. The van der Waals surface area contributed by atoms with E-state index in [4.69, 9.17) is 10.2 Å². The minimum atomic E-state index is -1.24. The van der Waals surface area contributed by atoms with Gasteiger partial charge in [-0.2, -0.15) is 20.5 Å². The van der Waals surface area contributed by atoms with E-state index in [1.54, 1.807) is 0 Å². The van der Waals surface area contributed by atoms with Crippen molar-refractivity contribution in [2.75, 3.05) is 0 Å².